The van der Waals surface area contributed by atoms with Gasteiger partial charge in [0.1, 0.15) is 0 Å². The van der Waals surface area contributed by atoms with Gasteiger partial charge in [-0.1, -0.05) is 13.8 Å². The number of hydrogen-bond donors (Lipinski definition) is 2. The lowest BCUT2D eigenvalue weighted by atomic mass is 9.72. The molecule has 1 amide bonds. The normalized spacial score (nSPS) is 30.1. The van der Waals surface area contributed by atoms with Crippen molar-refractivity contribution in [1.29, 1.82) is 0 Å². The van der Waals surface area contributed by atoms with E-state index >= 15 is 0 Å². The zero-order chi connectivity index (χ0) is 14.8. The summed E-state index contributed by atoms with van der Waals surface area (Å²) in [7, 11) is 0. The van der Waals surface area contributed by atoms with E-state index in [1.54, 1.807) is 0 Å². The zero-order valence-electron chi connectivity index (χ0n) is 12.7. The fraction of sp³-hybridized carbons (Fsp3) is 0.875. The molecule has 4 nitrogen and oxygen atoms in total. The number of carboxylic acid groups (broad SMARTS) is 1. The molecule has 0 aromatic carbocycles. The first-order valence-electron chi connectivity index (χ1n) is 7.88. The van der Waals surface area contributed by atoms with Crippen LogP contribution in [-0.4, -0.2) is 23.0 Å². The summed E-state index contributed by atoms with van der Waals surface area (Å²) < 4.78 is 0. The fourth-order valence-corrected chi connectivity index (χ4v) is 3.55. The molecule has 2 aliphatic rings. The minimum absolute atomic E-state index is 0.0728. The third-order valence-corrected chi connectivity index (χ3v) is 5.08. The Morgan fingerprint density at radius 1 is 1.15 bits per heavy atom. The quantitative estimate of drug-likeness (QED) is 0.832. The van der Waals surface area contributed by atoms with Crippen LogP contribution in [0, 0.1) is 17.3 Å². The van der Waals surface area contributed by atoms with Crippen LogP contribution < -0.4 is 5.32 Å². The van der Waals surface area contributed by atoms with Gasteiger partial charge in [0.2, 0.25) is 5.91 Å². The molecule has 2 fully saturated rings. The van der Waals surface area contributed by atoms with Crippen LogP contribution >= 0.6 is 0 Å². The summed E-state index contributed by atoms with van der Waals surface area (Å²) >= 11 is 0. The number of nitrogens with one attached hydrogen (secondary N) is 1. The van der Waals surface area contributed by atoms with Crippen LogP contribution in [0.2, 0.25) is 0 Å². The number of carbonyl (C=O) groups excluding carboxylic acids is 1. The van der Waals surface area contributed by atoms with E-state index in [-0.39, 0.29) is 17.9 Å². The van der Waals surface area contributed by atoms with Gasteiger partial charge in [-0.2, -0.15) is 0 Å². The number of rotatable bonds is 4. The third kappa shape index (κ3) is 4.22. The molecular formula is C16H27NO3. The minimum atomic E-state index is -0.726. The van der Waals surface area contributed by atoms with Crippen LogP contribution in [0.4, 0.5) is 0 Å². The Kier molecular flexibility index (Phi) is 4.71. The SMILES string of the molecule is CC1(C)CCC(CC(=O)N[C@@H]2CC[C@H](C(=O)O)C2)CC1. The van der Waals surface area contributed by atoms with Crippen molar-refractivity contribution in [2.75, 3.05) is 0 Å². The standard InChI is InChI=1S/C16H27NO3/c1-16(2)7-5-11(6-8-16)9-14(18)17-13-4-3-12(10-13)15(19)20/h11-13H,3-10H2,1-2H3,(H,17,18)(H,19,20)/t12-,13+/m0/s1. The van der Waals surface area contributed by atoms with Gasteiger partial charge in [0.15, 0.2) is 0 Å². The molecule has 4 heteroatoms. The summed E-state index contributed by atoms with van der Waals surface area (Å²) in [6, 6.07) is 0.0728. The van der Waals surface area contributed by atoms with E-state index in [9.17, 15) is 9.59 Å². The van der Waals surface area contributed by atoms with Crippen molar-refractivity contribution in [3.63, 3.8) is 0 Å². The largest absolute Gasteiger partial charge is 0.481 e. The fourth-order valence-electron chi connectivity index (χ4n) is 3.55. The Balaban J connectivity index is 1.70. The molecule has 0 aromatic heterocycles. The number of hydrogen-bond acceptors (Lipinski definition) is 2. The maximum Gasteiger partial charge on any atom is 0.306 e. The number of carboxylic acids is 1. The molecule has 20 heavy (non-hydrogen) atoms. The van der Waals surface area contributed by atoms with Gasteiger partial charge < -0.3 is 10.4 Å². The van der Waals surface area contributed by atoms with Crippen molar-refractivity contribution in [3.8, 4) is 0 Å². The van der Waals surface area contributed by atoms with Gasteiger partial charge in [-0.3, -0.25) is 9.59 Å². The van der Waals surface area contributed by atoms with E-state index in [0.717, 1.165) is 19.3 Å². The lowest BCUT2D eigenvalue weighted by Crippen LogP contribution is -2.35. The minimum Gasteiger partial charge on any atom is -0.481 e. The van der Waals surface area contributed by atoms with Gasteiger partial charge in [0.25, 0.3) is 0 Å². The van der Waals surface area contributed by atoms with E-state index < -0.39 is 5.97 Å². The Morgan fingerprint density at radius 3 is 2.35 bits per heavy atom. The summed E-state index contributed by atoms with van der Waals surface area (Å²) in [4.78, 5) is 22.9. The van der Waals surface area contributed by atoms with Gasteiger partial charge >= 0.3 is 5.97 Å². The van der Waals surface area contributed by atoms with Crippen LogP contribution in [0.25, 0.3) is 0 Å². The van der Waals surface area contributed by atoms with Crippen molar-refractivity contribution in [1.82, 2.24) is 5.32 Å². The van der Waals surface area contributed by atoms with Gasteiger partial charge in [0.05, 0.1) is 5.92 Å². The summed E-state index contributed by atoms with van der Waals surface area (Å²) in [6.07, 6.45) is 7.40. The first-order valence-corrected chi connectivity index (χ1v) is 7.88. The molecule has 0 radical (unpaired) electrons. The maximum absolute atomic E-state index is 12.0. The first-order chi connectivity index (χ1) is 9.35. The molecule has 2 aliphatic carbocycles. The second-order valence-electron chi connectivity index (χ2n) is 7.42. The molecule has 0 spiro atoms. The zero-order valence-corrected chi connectivity index (χ0v) is 12.7. The molecule has 0 unspecified atom stereocenters. The lowest BCUT2D eigenvalue weighted by Gasteiger charge is -2.34. The molecule has 114 valence electrons. The van der Waals surface area contributed by atoms with E-state index in [0.29, 0.717) is 30.6 Å². The van der Waals surface area contributed by atoms with E-state index in [1.165, 1.54) is 12.8 Å². The van der Waals surface area contributed by atoms with Crippen LogP contribution in [-0.2, 0) is 9.59 Å². The molecule has 0 aromatic rings. The number of amides is 1. The van der Waals surface area contributed by atoms with Crippen LogP contribution in [0.15, 0.2) is 0 Å². The highest BCUT2D eigenvalue weighted by Gasteiger charge is 2.32. The van der Waals surface area contributed by atoms with E-state index in [1.807, 2.05) is 0 Å². The molecule has 0 aliphatic heterocycles. The monoisotopic (exact) mass is 281 g/mol. The highest BCUT2D eigenvalue weighted by molar-refractivity contribution is 5.77. The Morgan fingerprint density at radius 2 is 1.80 bits per heavy atom. The average Bonchev–Trinajstić information content (AvgIpc) is 2.80. The smallest absolute Gasteiger partial charge is 0.306 e. The lowest BCUT2D eigenvalue weighted by molar-refractivity contribution is -0.141. The van der Waals surface area contributed by atoms with E-state index in [4.69, 9.17) is 5.11 Å². The van der Waals surface area contributed by atoms with Gasteiger partial charge in [0, 0.05) is 12.5 Å². The van der Waals surface area contributed by atoms with Crippen molar-refractivity contribution in [2.45, 2.75) is 71.3 Å². The van der Waals surface area contributed by atoms with Gasteiger partial charge in [-0.25, -0.2) is 0 Å². The molecule has 2 saturated carbocycles. The van der Waals surface area contributed by atoms with E-state index in [2.05, 4.69) is 19.2 Å². The molecule has 2 rings (SSSR count). The predicted octanol–water partition coefficient (Wildman–Crippen LogP) is 2.96. The molecule has 2 N–H and O–H groups in total. The Labute approximate surface area is 121 Å². The summed E-state index contributed by atoms with van der Waals surface area (Å²) in [5, 5.41) is 12.0. The molecule has 0 saturated heterocycles. The van der Waals surface area contributed by atoms with Crippen molar-refractivity contribution in [2.24, 2.45) is 17.3 Å². The second kappa shape index (κ2) is 6.15. The third-order valence-electron chi connectivity index (χ3n) is 5.08. The maximum atomic E-state index is 12.0. The number of carbonyl (C=O) groups is 2. The Hall–Kier alpha value is -1.06. The number of aliphatic carboxylic acids is 1. The van der Waals surface area contributed by atoms with Crippen LogP contribution in [0.1, 0.15) is 65.2 Å². The summed E-state index contributed by atoms with van der Waals surface area (Å²) in [5.41, 5.74) is 0.438. The second-order valence-corrected chi connectivity index (χ2v) is 7.42. The first kappa shape index (κ1) is 15.3. The molecule has 0 heterocycles. The molecule has 0 bridgehead atoms. The van der Waals surface area contributed by atoms with Crippen LogP contribution in [0.5, 0.6) is 0 Å². The summed E-state index contributed by atoms with van der Waals surface area (Å²) in [5.74, 6) is -0.363. The summed E-state index contributed by atoms with van der Waals surface area (Å²) in [6.45, 7) is 4.60. The molecular weight excluding hydrogens is 254 g/mol. The molecule has 2 atom stereocenters. The van der Waals surface area contributed by atoms with Crippen molar-refractivity contribution < 1.29 is 14.7 Å². The Bertz CT molecular complexity index is 368. The van der Waals surface area contributed by atoms with Crippen LogP contribution in [0.3, 0.4) is 0 Å². The predicted molar refractivity (Wildman–Crippen MR) is 77.3 cm³/mol. The van der Waals surface area contributed by atoms with Crippen molar-refractivity contribution >= 4 is 11.9 Å². The van der Waals surface area contributed by atoms with Crippen molar-refractivity contribution in [3.05, 3.63) is 0 Å². The topological polar surface area (TPSA) is 66.4 Å². The highest BCUT2D eigenvalue weighted by atomic mass is 16.4. The van der Waals surface area contributed by atoms with Gasteiger partial charge in [-0.05, 0) is 56.3 Å². The highest BCUT2D eigenvalue weighted by Crippen LogP contribution is 2.39. The average molecular weight is 281 g/mol. The van der Waals surface area contributed by atoms with Gasteiger partial charge in [-0.15, -0.1) is 0 Å².